The van der Waals surface area contributed by atoms with E-state index in [0.717, 1.165) is 0 Å². The Morgan fingerprint density at radius 3 is 1.33 bits per heavy atom. The van der Waals surface area contributed by atoms with Crippen molar-refractivity contribution in [3.05, 3.63) is 21.8 Å². The van der Waals surface area contributed by atoms with Crippen LogP contribution in [0.1, 0.15) is 0 Å². The SMILES string of the molecule is [CH2-]CCl.[CH3-].[CH3-].[Rh+3]. The molecule has 2 heteroatoms. The zero-order chi connectivity index (χ0) is 2.71. The smallest absolute Gasteiger partial charge is 0.358 e. The second-order valence-corrected chi connectivity index (χ2v) is 0.567. The van der Waals surface area contributed by atoms with Crippen LogP contribution in [0.2, 0.25) is 0 Å². The van der Waals surface area contributed by atoms with Crippen molar-refractivity contribution in [3.63, 3.8) is 0 Å². The third kappa shape index (κ3) is 90.2. The Balaban J connectivity index is -0.00000000667. The first-order chi connectivity index (χ1) is 1.41. The van der Waals surface area contributed by atoms with Gasteiger partial charge in [0.25, 0.3) is 0 Å². The van der Waals surface area contributed by atoms with Crippen LogP contribution in [0.4, 0.5) is 0 Å². The van der Waals surface area contributed by atoms with Crippen LogP contribution >= 0.6 is 11.6 Å². The van der Waals surface area contributed by atoms with E-state index in [4.69, 9.17) is 11.6 Å². The van der Waals surface area contributed by atoms with E-state index < -0.39 is 0 Å². The molecule has 0 heterocycles. The van der Waals surface area contributed by atoms with E-state index in [2.05, 4.69) is 6.92 Å². The molecule has 0 aromatic carbocycles. The minimum absolute atomic E-state index is 0. The van der Waals surface area contributed by atoms with Crippen LogP contribution in [-0.2, 0) is 19.5 Å². The first-order valence-electron chi connectivity index (χ1n) is 0.767. The zero-order valence-electron chi connectivity index (χ0n) is 4.13. The van der Waals surface area contributed by atoms with Gasteiger partial charge in [-0.1, -0.05) is 0 Å². The van der Waals surface area contributed by atoms with Gasteiger partial charge in [-0.05, 0) is 0 Å². The maximum Gasteiger partial charge on any atom is 3.00 e. The Morgan fingerprint density at radius 2 is 1.33 bits per heavy atom. The van der Waals surface area contributed by atoms with Gasteiger partial charge in [-0.2, -0.15) is 11.6 Å². The summed E-state index contributed by atoms with van der Waals surface area (Å²) >= 11 is 4.89. The summed E-state index contributed by atoms with van der Waals surface area (Å²) < 4.78 is 0. The van der Waals surface area contributed by atoms with Gasteiger partial charge in [-0.15, -0.1) is 5.88 Å². The monoisotopic (exact) mass is 196 g/mol. The van der Waals surface area contributed by atoms with Gasteiger partial charge >= 0.3 is 19.5 Å². The normalized spacial score (nSPS) is 3.00. The summed E-state index contributed by atoms with van der Waals surface area (Å²) in [5.74, 6) is 0.472. The van der Waals surface area contributed by atoms with E-state index in [1.165, 1.54) is 0 Å². The molecule has 0 rings (SSSR count). The van der Waals surface area contributed by atoms with Crippen LogP contribution in [0.5, 0.6) is 0 Å². The van der Waals surface area contributed by atoms with Crippen molar-refractivity contribution in [2.24, 2.45) is 0 Å². The van der Waals surface area contributed by atoms with Crippen molar-refractivity contribution < 1.29 is 19.5 Å². The Labute approximate surface area is 59.0 Å². The van der Waals surface area contributed by atoms with Gasteiger partial charge in [0.15, 0.2) is 0 Å². The summed E-state index contributed by atoms with van der Waals surface area (Å²) in [4.78, 5) is 0. The molecule has 6 heavy (non-hydrogen) atoms. The molecular weight excluding hydrogens is 186 g/mol. The minimum atomic E-state index is 0. The fourth-order valence-electron chi connectivity index (χ4n) is 0. The molecule has 0 unspecified atom stereocenters. The van der Waals surface area contributed by atoms with Gasteiger partial charge in [0.2, 0.25) is 0 Å². The molecule has 0 radical (unpaired) electrons. The van der Waals surface area contributed by atoms with E-state index in [-0.39, 0.29) is 34.3 Å². The standard InChI is InChI=1S/C2H4Cl.2CH3.Rh/c1-2-3;;;/h1-2H2;2*1H3;/q3*-1;+3. The van der Waals surface area contributed by atoms with Crippen LogP contribution in [-0.4, -0.2) is 5.88 Å². The summed E-state index contributed by atoms with van der Waals surface area (Å²) in [6.07, 6.45) is 0. The number of rotatable bonds is 0. The molecule has 42 valence electrons. The second-order valence-electron chi connectivity index (χ2n) is 0.189. The van der Waals surface area contributed by atoms with Crippen molar-refractivity contribution in [1.29, 1.82) is 0 Å². The topological polar surface area (TPSA) is 0 Å². The van der Waals surface area contributed by atoms with Crippen LogP contribution in [0.3, 0.4) is 0 Å². The fraction of sp³-hybridized carbons (Fsp3) is 0.250. The van der Waals surface area contributed by atoms with Crippen molar-refractivity contribution in [1.82, 2.24) is 0 Å². The largest absolute Gasteiger partial charge is 3.00 e. The van der Waals surface area contributed by atoms with Gasteiger partial charge in [0.1, 0.15) is 0 Å². The van der Waals surface area contributed by atoms with Crippen molar-refractivity contribution in [3.8, 4) is 0 Å². The molecule has 0 amide bonds. The molecule has 0 N–H and O–H groups in total. The van der Waals surface area contributed by atoms with E-state index in [0.29, 0.717) is 5.88 Å². The number of hydrogen-bond acceptors (Lipinski definition) is 0. The summed E-state index contributed by atoms with van der Waals surface area (Å²) in [5.41, 5.74) is 0. The molecule has 0 saturated heterocycles. The Kier molecular flexibility index (Phi) is 185. The first kappa shape index (κ1) is 28.5. The molecule has 0 aromatic rings. The van der Waals surface area contributed by atoms with E-state index in [9.17, 15) is 0 Å². The molecule has 0 bridgehead atoms. The first-order valence-corrected chi connectivity index (χ1v) is 1.30. The summed E-state index contributed by atoms with van der Waals surface area (Å²) in [5, 5.41) is 0. The van der Waals surface area contributed by atoms with E-state index in [1.54, 1.807) is 0 Å². The zero-order valence-corrected chi connectivity index (χ0v) is 6.52. The predicted octanol–water partition coefficient (Wildman–Crippen LogP) is 1.96. The average Bonchev–Trinajstić information content (AvgIpc) is 0.918. The van der Waals surface area contributed by atoms with Crippen molar-refractivity contribution in [2.75, 3.05) is 5.88 Å². The molecule has 0 saturated carbocycles. The van der Waals surface area contributed by atoms with Gasteiger partial charge < -0.3 is 21.8 Å². The van der Waals surface area contributed by atoms with Crippen molar-refractivity contribution in [2.45, 2.75) is 0 Å². The Hall–Kier alpha value is 0.913. The van der Waals surface area contributed by atoms with Gasteiger partial charge in [0.05, 0.1) is 0 Å². The van der Waals surface area contributed by atoms with Crippen LogP contribution in [0.25, 0.3) is 0 Å². The molecular formula is C4H10ClRh. The van der Waals surface area contributed by atoms with Gasteiger partial charge in [-0.3, -0.25) is 0 Å². The third-order valence-corrected chi connectivity index (χ3v) is 0. The molecule has 0 aliphatic heterocycles. The van der Waals surface area contributed by atoms with Crippen LogP contribution < -0.4 is 0 Å². The summed E-state index contributed by atoms with van der Waals surface area (Å²) in [6.45, 7) is 3.25. The third-order valence-electron chi connectivity index (χ3n) is 0. The maximum absolute atomic E-state index is 4.89. The number of hydrogen-bond donors (Lipinski definition) is 0. The molecule has 0 fully saturated rings. The Bertz CT molecular complexity index is 7.51. The Morgan fingerprint density at radius 1 is 1.33 bits per heavy atom. The van der Waals surface area contributed by atoms with Gasteiger partial charge in [-0.25, -0.2) is 0 Å². The molecule has 0 atom stereocenters. The molecule has 0 aliphatic rings. The second kappa shape index (κ2) is 39.0. The minimum Gasteiger partial charge on any atom is -0.358 e. The number of alkyl halides is 1. The van der Waals surface area contributed by atoms with E-state index in [1.807, 2.05) is 0 Å². The van der Waals surface area contributed by atoms with Gasteiger partial charge in [0, 0.05) is 0 Å². The predicted molar refractivity (Wildman–Crippen MR) is 28.9 cm³/mol. The molecule has 0 aromatic heterocycles. The molecule has 0 nitrogen and oxygen atoms in total. The number of halogens is 1. The summed E-state index contributed by atoms with van der Waals surface area (Å²) in [6, 6.07) is 0. The van der Waals surface area contributed by atoms with Crippen LogP contribution in [0.15, 0.2) is 0 Å². The molecule has 0 aliphatic carbocycles. The fourth-order valence-corrected chi connectivity index (χ4v) is 0. The quantitative estimate of drug-likeness (QED) is 0.316. The van der Waals surface area contributed by atoms with Crippen LogP contribution in [0, 0.1) is 21.8 Å². The molecule has 0 spiro atoms. The van der Waals surface area contributed by atoms with E-state index >= 15 is 0 Å². The van der Waals surface area contributed by atoms with Crippen molar-refractivity contribution >= 4 is 11.6 Å². The summed E-state index contributed by atoms with van der Waals surface area (Å²) in [7, 11) is 0. The maximum atomic E-state index is 4.89. The average molecular weight is 196 g/mol.